The summed E-state index contributed by atoms with van der Waals surface area (Å²) in [6.45, 7) is 2.36. The first-order valence-electron chi connectivity index (χ1n) is 9.47. The third-order valence-electron chi connectivity index (χ3n) is 5.65. The standard InChI is InChI=1S/C19H27ClN2O3S/c1-14(17-8-4-5-9-18(17)20)21-12-19(23)22(15-6-2-3-7-15)16-10-11-26(24,25)13-16/h4-5,8-9,14-16,21H,2-3,6-7,10-13H2,1H3/p+1/t14-,16-/m1/s1. The van der Waals surface area contributed by atoms with Gasteiger partial charge in [-0.15, -0.1) is 0 Å². The SMILES string of the molecule is C[C@@H]([NH2+]CC(=O)N(C1CCCC1)[C@@H]1CCS(=O)(=O)C1)c1ccccc1Cl. The van der Waals surface area contributed by atoms with Gasteiger partial charge in [-0.1, -0.05) is 42.6 Å². The van der Waals surface area contributed by atoms with Crippen LogP contribution in [0.5, 0.6) is 0 Å². The summed E-state index contributed by atoms with van der Waals surface area (Å²) in [4.78, 5) is 14.9. The highest BCUT2D eigenvalue weighted by Gasteiger charge is 2.39. The fraction of sp³-hybridized carbons (Fsp3) is 0.632. The summed E-state index contributed by atoms with van der Waals surface area (Å²) < 4.78 is 23.8. The highest BCUT2D eigenvalue weighted by atomic mass is 35.5. The molecule has 1 aromatic carbocycles. The van der Waals surface area contributed by atoms with E-state index in [2.05, 4.69) is 0 Å². The number of carbonyl (C=O) groups excluding carboxylic acids is 1. The Hall–Kier alpha value is -1.11. The summed E-state index contributed by atoms with van der Waals surface area (Å²) in [6.07, 6.45) is 4.79. The lowest BCUT2D eigenvalue weighted by molar-refractivity contribution is -0.683. The molecule has 1 saturated heterocycles. The molecular formula is C19H28ClN2O3S+. The van der Waals surface area contributed by atoms with Crippen LogP contribution in [-0.2, 0) is 14.6 Å². The third kappa shape index (κ3) is 4.59. The van der Waals surface area contributed by atoms with Gasteiger partial charge in [0.15, 0.2) is 16.4 Å². The number of rotatable bonds is 6. The van der Waals surface area contributed by atoms with Gasteiger partial charge in [-0.25, -0.2) is 8.42 Å². The zero-order valence-corrected chi connectivity index (χ0v) is 16.8. The number of carbonyl (C=O) groups is 1. The number of benzene rings is 1. The summed E-state index contributed by atoms with van der Waals surface area (Å²) in [6, 6.07) is 7.80. The van der Waals surface area contributed by atoms with E-state index in [0.29, 0.717) is 18.0 Å². The summed E-state index contributed by atoms with van der Waals surface area (Å²) in [7, 11) is -3.00. The van der Waals surface area contributed by atoms with E-state index < -0.39 is 9.84 Å². The summed E-state index contributed by atoms with van der Waals surface area (Å²) in [5.41, 5.74) is 1.01. The smallest absolute Gasteiger partial charge is 0.278 e. The van der Waals surface area contributed by atoms with E-state index in [1.807, 2.05) is 41.4 Å². The first kappa shape index (κ1) is 19.6. The average molecular weight is 400 g/mol. The van der Waals surface area contributed by atoms with Crippen LogP contribution in [0.1, 0.15) is 50.6 Å². The number of amides is 1. The number of hydrogen-bond donors (Lipinski definition) is 1. The fourth-order valence-electron chi connectivity index (χ4n) is 4.24. The van der Waals surface area contributed by atoms with Crippen molar-refractivity contribution in [3.63, 3.8) is 0 Å². The zero-order valence-electron chi connectivity index (χ0n) is 15.2. The van der Waals surface area contributed by atoms with E-state index in [1.165, 1.54) is 0 Å². The van der Waals surface area contributed by atoms with Gasteiger partial charge in [-0.2, -0.15) is 0 Å². The number of quaternary nitrogens is 1. The van der Waals surface area contributed by atoms with E-state index in [1.54, 1.807) is 0 Å². The van der Waals surface area contributed by atoms with Crippen LogP contribution < -0.4 is 5.32 Å². The minimum atomic E-state index is -3.00. The highest BCUT2D eigenvalue weighted by Crippen LogP contribution is 2.29. The van der Waals surface area contributed by atoms with Crippen molar-refractivity contribution >= 4 is 27.3 Å². The molecule has 1 saturated carbocycles. The molecule has 26 heavy (non-hydrogen) atoms. The molecule has 5 nitrogen and oxygen atoms in total. The molecule has 0 aromatic heterocycles. The molecule has 2 fully saturated rings. The topological polar surface area (TPSA) is 71.1 Å². The van der Waals surface area contributed by atoms with Gasteiger partial charge in [-0.3, -0.25) is 4.79 Å². The van der Waals surface area contributed by atoms with Crippen molar-refractivity contribution in [3.8, 4) is 0 Å². The first-order chi connectivity index (χ1) is 12.4. The van der Waals surface area contributed by atoms with Gasteiger partial charge in [0.05, 0.1) is 11.5 Å². The fourth-order valence-corrected chi connectivity index (χ4v) is 6.26. The van der Waals surface area contributed by atoms with Crippen LogP contribution in [0.25, 0.3) is 0 Å². The Bertz CT molecular complexity index is 747. The number of hydrogen-bond acceptors (Lipinski definition) is 3. The van der Waals surface area contributed by atoms with Gasteiger partial charge >= 0.3 is 0 Å². The Morgan fingerprint density at radius 1 is 1.23 bits per heavy atom. The Balaban J connectivity index is 1.67. The van der Waals surface area contributed by atoms with Crippen LogP contribution in [0.4, 0.5) is 0 Å². The Kier molecular flexibility index (Phi) is 6.25. The normalized spacial score (nSPS) is 23.8. The molecule has 2 atom stereocenters. The first-order valence-corrected chi connectivity index (χ1v) is 11.7. The molecule has 7 heteroatoms. The van der Waals surface area contributed by atoms with Gasteiger partial charge in [-0.05, 0) is 32.3 Å². The van der Waals surface area contributed by atoms with Gasteiger partial charge in [0, 0.05) is 22.7 Å². The Morgan fingerprint density at radius 2 is 1.92 bits per heavy atom. The van der Waals surface area contributed by atoms with Gasteiger partial charge in [0.2, 0.25) is 0 Å². The van der Waals surface area contributed by atoms with Crippen LogP contribution in [0, 0.1) is 0 Å². The molecule has 1 heterocycles. The van der Waals surface area contributed by atoms with E-state index in [0.717, 1.165) is 31.2 Å². The minimum Gasteiger partial charge on any atom is -0.332 e. The zero-order chi connectivity index (χ0) is 18.7. The average Bonchev–Trinajstić information content (AvgIpc) is 3.23. The predicted octanol–water partition coefficient (Wildman–Crippen LogP) is 1.92. The summed E-state index contributed by atoms with van der Waals surface area (Å²) in [5, 5.41) is 2.70. The number of nitrogens with two attached hydrogens (primary N) is 1. The minimum absolute atomic E-state index is 0.0536. The summed E-state index contributed by atoms with van der Waals surface area (Å²) in [5.74, 6) is 0.376. The highest BCUT2D eigenvalue weighted by molar-refractivity contribution is 7.91. The maximum Gasteiger partial charge on any atom is 0.278 e. The lowest BCUT2D eigenvalue weighted by atomic mass is 10.1. The van der Waals surface area contributed by atoms with Crippen molar-refractivity contribution in [1.82, 2.24) is 4.90 Å². The Morgan fingerprint density at radius 3 is 2.54 bits per heavy atom. The molecule has 0 spiro atoms. The lowest BCUT2D eigenvalue weighted by Crippen LogP contribution is -2.87. The van der Waals surface area contributed by atoms with Crippen molar-refractivity contribution in [3.05, 3.63) is 34.9 Å². The number of nitrogens with zero attached hydrogens (tertiary/aromatic N) is 1. The van der Waals surface area contributed by atoms with Crippen molar-refractivity contribution in [2.45, 2.75) is 57.2 Å². The molecular weight excluding hydrogens is 372 g/mol. The van der Waals surface area contributed by atoms with Gasteiger partial charge < -0.3 is 10.2 Å². The van der Waals surface area contributed by atoms with Crippen LogP contribution in [0.2, 0.25) is 5.02 Å². The van der Waals surface area contributed by atoms with Crippen molar-refractivity contribution in [2.75, 3.05) is 18.1 Å². The van der Waals surface area contributed by atoms with E-state index in [-0.39, 0.29) is 35.5 Å². The van der Waals surface area contributed by atoms with Crippen LogP contribution in [0.15, 0.2) is 24.3 Å². The second-order valence-corrected chi connectivity index (χ2v) is 10.2. The monoisotopic (exact) mass is 399 g/mol. The molecule has 1 aromatic rings. The number of sulfone groups is 1. The van der Waals surface area contributed by atoms with Gasteiger partial charge in [0.25, 0.3) is 5.91 Å². The van der Waals surface area contributed by atoms with E-state index in [9.17, 15) is 13.2 Å². The largest absolute Gasteiger partial charge is 0.332 e. The molecule has 2 N–H and O–H groups in total. The maximum atomic E-state index is 13.0. The molecule has 0 bridgehead atoms. The molecule has 2 aliphatic rings. The lowest BCUT2D eigenvalue weighted by Gasteiger charge is -2.33. The number of halogens is 1. The molecule has 1 aliphatic carbocycles. The quantitative estimate of drug-likeness (QED) is 0.794. The molecule has 144 valence electrons. The van der Waals surface area contributed by atoms with E-state index >= 15 is 0 Å². The molecule has 0 unspecified atom stereocenters. The summed E-state index contributed by atoms with van der Waals surface area (Å²) >= 11 is 6.25. The molecule has 1 aliphatic heterocycles. The molecule has 3 rings (SSSR count). The van der Waals surface area contributed by atoms with Crippen LogP contribution >= 0.6 is 11.6 Å². The predicted molar refractivity (Wildman–Crippen MR) is 103 cm³/mol. The third-order valence-corrected chi connectivity index (χ3v) is 7.74. The maximum absolute atomic E-state index is 13.0. The molecule has 0 radical (unpaired) electrons. The second-order valence-electron chi connectivity index (χ2n) is 7.55. The van der Waals surface area contributed by atoms with Crippen molar-refractivity contribution in [2.24, 2.45) is 0 Å². The van der Waals surface area contributed by atoms with Crippen LogP contribution in [0.3, 0.4) is 0 Å². The van der Waals surface area contributed by atoms with Crippen molar-refractivity contribution in [1.29, 1.82) is 0 Å². The van der Waals surface area contributed by atoms with Crippen molar-refractivity contribution < 1.29 is 18.5 Å². The molecule has 1 amide bonds. The second kappa shape index (κ2) is 8.28. The Labute approximate surface area is 161 Å². The van der Waals surface area contributed by atoms with Gasteiger partial charge in [0.1, 0.15) is 6.04 Å². The van der Waals surface area contributed by atoms with E-state index in [4.69, 9.17) is 11.6 Å². The van der Waals surface area contributed by atoms with Crippen LogP contribution in [-0.4, -0.2) is 49.4 Å².